The zero-order chi connectivity index (χ0) is 23.8. The number of amides is 3. The minimum Gasteiger partial charge on any atom is -0.452 e. The number of benzene rings is 2. The van der Waals surface area contributed by atoms with Gasteiger partial charge in [-0.15, -0.1) is 0 Å². The Bertz CT molecular complexity index is 1120. The SMILES string of the molecule is O=C(COC(=O)c1ccc(Cl)c(S(=O)(=O)N2CCCCC2)c1)NC(=O)NCc1ccccc1. The fourth-order valence-corrected chi connectivity index (χ4v) is 5.29. The van der Waals surface area contributed by atoms with Gasteiger partial charge in [-0.25, -0.2) is 18.0 Å². The Morgan fingerprint density at radius 3 is 2.39 bits per heavy atom. The Morgan fingerprint density at radius 2 is 1.70 bits per heavy atom. The van der Waals surface area contributed by atoms with E-state index in [1.807, 2.05) is 30.3 Å². The van der Waals surface area contributed by atoms with Crippen LogP contribution in [0.15, 0.2) is 53.4 Å². The number of carbonyl (C=O) groups is 3. The third-order valence-electron chi connectivity index (χ3n) is 4.98. The molecule has 1 fully saturated rings. The molecule has 1 aliphatic heterocycles. The molecule has 176 valence electrons. The van der Waals surface area contributed by atoms with Crippen LogP contribution in [0.25, 0.3) is 0 Å². The van der Waals surface area contributed by atoms with Crippen LogP contribution in [0.5, 0.6) is 0 Å². The van der Waals surface area contributed by atoms with E-state index in [4.69, 9.17) is 16.3 Å². The number of sulfonamides is 1. The average Bonchev–Trinajstić information content (AvgIpc) is 2.82. The monoisotopic (exact) mass is 493 g/mol. The quantitative estimate of drug-likeness (QED) is 0.572. The van der Waals surface area contributed by atoms with E-state index in [9.17, 15) is 22.8 Å². The maximum atomic E-state index is 12.9. The van der Waals surface area contributed by atoms with Crippen molar-refractivity contribution in [2.75, 3.05) is 19.7 Å². The molecule has 1 heterocycles. The van der Waals surface area contributed by atoms with Gasteiger partial charge < -0.3 is 10.1 Å². The maximum Gasteiger partial charge on any atom is 0.338 e. The van der Waals surface area contributed by atoms with Gasteiger partial charge in [0.2, 0.25) is 10.0 Å². The molecule has 0 bridgehead atoms. The van der Waals surface area contributed by atoms with Crippen LogP contribution in [0.4, 0.5) is 4.79 Å². The highest BCUT2D eigenvalue weighted by Gasteiger charge is 2.29. The van der Waals surface area contributed by atoms with Gasteiger partial charge in [-0.2, -0.15) is 4.31 Å². The second-order valence-electron chi connectivity index (χ2n) is 7.40. The van der Waals surface area contributed by atoms with Gasteiger partial charge in [0.05, 0.1) is 10.6 Å². The van der Waals surface area contributed by atoms with Crippen molar-refractivity contribution < 1.29 is 27.5 Å². The molecule has 0 spiro atoms. The van der Waals surface area contributed by atoms with Crippen LogP contribution in [0.3, 0.4) is 0 Å². The summed E-state index contributed by atoms with van der Waals surface area (Å²) in [5.74, 6) is -1.74. The largest absolute Gasteiger partial charge is 0.452 e. The number of esters is 1. The van der Waals surface area contributed by atoms with E-state index in [2.05, 4.69) is 10.6 Å². The molecule has 0 aliphatic carbocycles. The highest BCUT2D eigenvalue weighted by molar-refractivity contribution is 7.89. The lowest BCUT2D eigenvalue weighted by Crippen LogP contribution is -2.41. The van der Waals surface area contributed by atoms with Crippen molar-refractivity contribution >= 4 is 39.5 Å². The molecule has 33 heavy (non-hydrogen) atoms. The second-order valence-corrected chi connectivity index (χ2v) is 9.72. The third kappa shape index (κ3) is 6.77. The van der Waals surface area contributed by atoms with Crippen LogP contribution in [0.1, 0.15) is 35.2 Å². The van der Waals surface area contributed by atoms with Crippen LogP contribution in [0.2, 0.25) is 5.02 Å². The van der Waals surface area contributed by atoms with E-state index < -0.39 is 34.5 Å². The van der Waals surface area contributed by atoms with Crippen molar-refractivity contribution in [3.05, 3.63) is 64.7 Å². The molecule has 0 aromatic heterocycles. The van der Waals surface area contributed by atoms with Crippen LogP contribution in [-0.2, 0) is 26.1 Å². The van der Waals surface area contributed by atoms with Gasteiger partial charge in [0.25, 0.3) is 5.91 Å². The lowest BCUT2D eigenvalue weighted by molar-refractivity contribution is -0.123. The summed E-state index contributed by atoms with van der Waals surface area (Å²) in [6.45, 7) is 0.285. The molecule has 2 aromatic rings. The summed E-state index contributed by atoms with van der Waals surface area (Å²) >= 11 is 6.10. The topological polar surface area (TPSA) is 122 Å². The Kier molecular flexibility index (Phi) is 8.43. The van der Waals surface area contributed by atoms with Gasteiger partial charge >= 0.3 is 12.0 Å². The number of halogens is 1. The normalized spacial score (nSPS) is 14.3. The number of ether oxygens (including phenoxy) is 1. The first-order valence-electron chi connectivity index (χ1n) is 10.4. The van der Waals surface area contributed by atoms with E-state index >= 15 is 0 Å². The summed E-state index contributed by atoms with van der Waals surface area (Å²) in [6.07, 6.45) is 2.47. The van der Waals surface area contributed by atoms with Crippen LogP contribution in [0, 0.1) is 0 Å². The molecule has 9 nitrogen and oxygen atoms in total. The number of nitrogens with one attached hydrogen (secondary N) is 2. The number of hydrogen-bond acceptors (Lipinski definition) is 6. The number of rotatable bonds is 7. The van der Waals surface area contributed by atoms with E-state index in [1.165, 1.54) is 16.4 Å². The van der Waals surface area contributed by atoms with Crippen LogP contribution in [-0.4, -0.2) is 50.3 Å². The summed E-state index contributed by atoms with van der Waals surface area (Å²) in [5.41, 5.74) is 0.779. The fraction of sp³-hybridized carbons (Fsp3) is 0.318. The van der Waals surface area contributed by atoms with E-state index in [0.717, 1.165) is 30.9 Å². The van der Waals surface area contributed by atoms with E-state index in [1.54, 1.807) is 0 Å². The van der Waals surface area contributed by atoms with Crippen LogP contribution >= 0.6 is 11.6 Å². The number of hydrogen-bond donors (Lipinski definition) is 2. The van der Waals surface area contributed by atoms with Crippen molar-refractivity contribution in [3.63, 3.8) is 0 Å². The molecule has 0 atom stereocenters. The van der Waals surface area contributed by atoms with Gasteiger partial charge in [-0.3, -0.25) is 10.1 Å². The number of nitrogens with zero attached hydrogens (tertiary/aromatic N) is 1. The summed E-state index contributed by atoms with van der Waals surface area (Å²) in [7, 11) is -3.86. The summed E-state index contributed by atoms with van der Waals surface area (Å²) < 4.78 is 32.1. The van der Waals surface area contributed by atoms with Crippen molar-refractivity contribution in [2.45, 2.75) is 30.7 Å². The third-order valence-corrected chi connectivity index (χ3v) is 7.36. The Morgan fingerprint density at radius 1 is 1.00 bits per heavy atom. The van der Waals surface area contributed by atoms with Gasteiger partial charge in [0.1, 0.15) is 4.90 Å². The number of carbonyl (C=O) groups excluding carboxylic acids is 3. The van der Waals surface area contributed by atoms with Crippen molar-refractivity contribution in [2.24, 2.45) is 0 Å². The zero-order valence-corrected chi connectivity index (χ0v) is 19.3. The highest BCUT2D eigenvalue weighted by Crippen LogP contribution is 2.28. The van der Waals surface area contributed by atoms with Crippen molar-refractivity contribution in [3.8, 4) is 0 Å². The maximum absolute atomic E-state index is 12.9. The summed E-state index contributed by atoms with van der Waals surface area (Å²) in [4.78, 5) is 35.9. The summed E-state index contributed by atoms with van der Waals surface area (Å²) in [6, 6.07) is 12.1. The van der Waals surface area contributed by atoms with E-state index in [0.29, 0.717) is 13.1 Å². The Balaban J connectivity index is 1.55. The molecule has 2 N–H and O–H groups in total. The Hall–Kier alpha value is -2.95. The van der Waals surface area contributed by atoms with Crippen molar-refractivity contribution in [1.82, 2.24) is 14.9 Å². The Labute approximate surface area is 197 Å². The fourth-order valence-electron chi connectivity index (χ4n) is 3.27. The molecule has 2 aromatic carbocycles. The zero-order valence-electron chi connectivity index (χ0n) is 17.8. The first kappa shape index (κ1) is 24.7. The van der Waals surface area contributed by atoms with Gasteiger partial charge in [-0.05, 0) is 36.6 Å². The standard InChI is InChI=1S/C22H24ClN3O6S/c23-18-10-9-17(13-19(18)33(30,31)26-11-5-2-6-12-26)21(28)32-15-20(27)25-22(29)24-14-16-7-3-1-4-8-16/h1,3-4,7-10,13H,2,5-6,11-12,14-15H2,(H2,24,25,27,29). The van der Waals surface area contributed by atoms with E-state index in [-0.39, 0.29) is 22.0 Å². The highest BCUT2D eigenvalue weighted by atomic mass is 35.5. The lowest BCUT2D eigenvalue weighted by Gasteiger charge is -2.26. The number of imide groups is 1. The molecule has 1 saturated heterocycles. The molecule has 11 heteroatoms. The molecule has 3 amide bonds. The summed E-state index contributed by atoms with van der Waals surface area (Å²) in [5, 5.41) is 4.56. The molecule has 3 rings (SSSR count). The molecule has 0 radical (unpaired) electrons. The minimum atomic E-state index is -3.86. The van der Waals surface area contributed by atoms with Gasteiger partial charge in [0.15, 0.2) is 6.61 Å². The molecule has 1 aliphatic rings. The molecule has 0 saturated carbocycles. The predicted octanol–water partition coefficient (Wildman–Crippen LogP) is 2.70. The van der Waals surface area contributed by atoms with Gasteiger partial charge in [0, 0.05) is 19.6 Å². The van der Waals surface area contributed by atoms with Crippen molar-refractivity contribution in [1.29, 1.82) is 0 Å². The lowest BCUT2D eigenvalue weighted by atomic mass is 10.2. The van der Waals surface area contributed by atoms with Gasteiger partial charge in [-0.1, -0.05) is 48.4 Å². The molecular weight excluding hydrogens is 470 g/mol. The van der Waals surface area contributed by atoms with Crippen LogP contribution < -0.4 is 10.6 Å². The molecule has 0 unspecified atom stereocenters. The minimum absolute atomic E-state index is 0.00930. The predicted molar refractivity (Wildman–Crippen MR) is 121 cm³/mol. The smallest absolute Gasteiger partial charge is 0.338 e. The average molecular weight is 494 g/mol. The molecular formula is C22H24ClN3O6S. The second kappa shape index (κ2) is 11.3. The first-order valence-corrected chi connectivity index (χ1v) is 12.2. The number of urea groups is 1. The number of piperidine rings is 1. The first-order chi connectivity index (χ1) is 15.8.